The summed E-state index contributed by atoms with van der Waals surface area (Å²) >= 11 is 0. The Hall–Kier alpha value is -2.46. The maximum atomic E-state index is 12.6. The SMILES string of the molecule is [N-]=[N+]=NC(C=Cc1cccc2ccccc12)C(F)(F)F. The van der Waals surface area contributed by atoms with Gasteiger partial charge in [0.2, 0.25) is 0 Å². The smallest absolute Gasteiger partial charge is 0.170 e. The Morgan fingerprint density at radius 2 is 1.80 bits per heavy atom. The molecule has 0 spiro atoms. The van der Waals surface area contributed by atoms with Gasteiger partial charge in [0.05, 0.1) is 0 Å². The van der Waals surface area contributed by atoms with Gasteiger partial charge < -0.3 is 0 Å². The molecule has 0 heterocycles. The number of halogens is 3. The van der Waals surface area contributed by atoms with E-state index in [4.69, 9.17) is 5.53 Å². The predicted octanol–water partition coefficient (Wildman–Crippen LogP) is 5.09. The molecule has 6 heteroatoms. The molecule has 0 bridgehead atoms. The van der Waals surface area contributed by atoms with E-state index in [1.807, 2.05) is 30.3 Å². The first kappa shape index (κ1) is 14.0. The Kier molecular flexibility index (Phi) is 3.96. The molecule has 0 radical (unpaired) electrons. The third-order valence-corrected chi connectivity index (χ3v) is 2.79. The van der Waals surface area contributed by atoms with Crippen LogP contribution in [0, 0.1) is 0 Å². The molecule has 1 unspecified atom stereocenters. The van der Waals surface area contributed by atoms with Crippen molar-refractivity contribution in [2.45, 2.75) is 12.2 Å². The highest BCUT2D eigenvalue weighted by Gasteiger charge is 2.37. The number of rotatable bonds is 3. The van der Waals surface area contributed by atoms with E-state index in [1.54, 1.807) is 12.1 Å². The van der Waals surface area contributed by atoms with Gasteiger partial charge in [0, 0.05) is 4.91 Å². The molecular weight excluding hydrogens is 267 g/mol. The van der Waals surface area contributed by atoms with E-state index in [0.29, 0.717) is 5.56 Å². The van der Waals surface area contributed by atoms with Gasteiger partial charge in [-0.15, -0.1) is 0 Å². The summed E-state index contributed by atoms with van der Waals surface area (Å²) in [4.78, 5) is 2.23. The number of fused-ring (bicyclic) bond motifs is 1. The maximum Gasteiger partial charge on any atom is 0.400 e. The zero-order valence-electron chi connectivity index (χ0n) is 10.2. The van der Waals surface area contributed by atoms with Crippen LogP contribution in [0.15, 0.2) is 53.7 Å². The fourth-order valence-corrected chi connectivity index (χ4v) is 1.86. The summed E-state index contributed by atoms with van der Waals surface area (Å²) in [6, 6.07) is 10.6. The molecule has 2 rings (SSSR count). The number of benzene rings is 2. The van der Waals surface area contributed by atoms with Crippen LogP contribution in [-0.4, -0.2) is 12.2 Å². The van der Waals surface area contributed by atoms with Crippen molar-refractivity contribution in [3.8, 4) is 0 Å². The summed E-state index contributed by atoms with van der Waals surface area (Å²) in [7, 11) is 0. The summed E-state index contributed by atoms with van der Waals surface area (Å²) in [5.41, 5.74) is 8.84. The molecule has 2 aromatic carbocycles. The number of alkyl halides is 3. The topological polar surface area (TPSA) is 48.8 Å². The second-order valence-electron chi connectivity index (χ2n) is 4.12. The summed E-state index contributed by atoms with van der Waals surface area (Å²) in [5.74, 6) is 0. The number of azide groups is 1. The molecule has 0 amide bonds. The monoisotopic (exact) mass is 277 g/mol. The van der Waals surface area contributed by atoms with Crippen LogP contribution in [0.2, 0.25) is 0 Å². The number of nitrogens with zero attached hydrogens (tertiary/aromatic N) is 3. The van der Waals surface area contributed by atoms with Gasteiger partial charge in [-0.3, -0.25) is 0 Å². The van der Waals surface area contributed by atoms with Crippen LogP contribution < -0.4 is 0 Å². The normalized spacial score (nSPS) is 13.3. The minimum Gasteiger partial charge on any atom is -0.170 e. The van der Waals surface area contributed by atoms with E-state index >= 15 is 0 Å². The fourth-order valence-electron chi connectivity index (χ4n) is 1.86. The molecule has 0 aliphatic rings. The van der Waals surface area contributed by atoms with Gasteiger partial charge >= 0.3 is 6.18 Å². The summed E-state index contributed by atoms with van der Waals surface area (Å²) in [6.45, 7) is 0. The van der Waals surface area contributed by atoms with Gasteiger partial charge in [-0.25, -0.2) is 0 Å². The van der Waals surface area contributed by atoms with E-state index in [-0.39, 0.29) is 0 Å². The van der Waals surface area contributed by atoms with Crippen LogP contribution in [0.25, 0.3) is 27.3 Å². The Bertz CT molecular complexity index is 680. The average Bonchev–Trinajstić information content (AvgIpc) is 2.42. The second kappa shape index (κ2) is 5.67. The van der Waals surface area contributed by atoms with Gasteiger partial charge in [0.25, 0.3) is 0 Å². The Labute approximate surface area is 113 Å². The Morgan fingerprint density at radius 1 is 1.10 bits per heavy atom. The molecule has 2 aromatic rings. The van der Waals surface area contributed by atoms with Crippen LogP contribution >= 0.6 is 0 Å². The van der Waals surface area contributed by atoms with Crippen molar-refractivity contribution >= 4 is 16.8 Å². The Balaban J connectivity index is 2.40. The average molecular weight is 277 g/mol. The lowest BCUT2D eigenvalue weighted by Gasteiger charge is -2.10. The van der Waals surface area contributed by atoms with Crippen molar-refractivity contribution in [1.29, 1.82) is 0 Å². The lowest BCUT2D eigenvalue weighted by atomic mass is 10.0. The zero-order chi connectivity index (χ0) is 14.6. The number of hydrogen-bond donors (Lipinski definition) is 0. The molecule has 0 saturated heterocycles. The van der Waals surface area contributed by atoms with Gasteiger partial charge in [-0.1, -0.05) is 59.7 Å². The maximum absolute atomic E-state index is 12.6. The number of hydrogen-bond acceptors (Lipinski definition) is 1. The Morgan fingerprint density at radius 3 is 2.50 bits per heavy atom. The molecule has 20 heavy (non-hydrogen) atoms. The summed E-state index contributed by atoms with van der Waals surface area (Å²) in [6.07, 6.45) is -2.40. The molecule has 0 fully saturated rings. The van der Waals surface area contributed by atoms with Crippen LogP contribution in [0.4, 0.5) is 13.2 Å². The molecule has 3 nitrogen and oxygen atoms in total. The molecule has 0 aliphatic carbocycles. The zero-order valence-corrected chi connectivity index (χ0v) is 10.2. The van der Waals surface area contributed by atoms with E-state index in [0.717, 1.165) is 16.8 Å². The van der Waals surface area contributed by atoms with Crippen molar-refractivity contribution in [1.82, 2.24) is 0 Å². The minimum atomic E-state index is -4.59. The largest absolute Gasteiger partial charge is 0.400 e. The molecule has 0 saturated carbocycles. The first-order chi connectivity index (χ1) is 9.52. The lowest BCUT2D eigenvalue weighted by molar-refractivity contribution is -0.136. The van der Waals surface area contributed by atoms with Crippen LogP contribution in [0.3, 0.4) is 0 Å². The van der Waals surface area contributed by atoms with Crippen LogP contribution in [0.5, 0.6) is 0 Å². The van der Waals surface area contributed by atoms with Crippen molar-refractivity contribution in [2.75, 3.05) is 0 Å². The molecule has 0 aromatic heterocycles. The minimum absolute atomic E-state index is 0.644. The molecular formula is C14H10F3N3. The van der Waals surface area contributed by atoms with Gasteiger partial charge in [0.1, 0.15) is 0 Å². The van der Waals surface area contributed by atoms with Gasteiger partial charge in [-0.2, -0.15) is 13.2 Å². The van der Waals surface area contributed by atoms with E-state index in [2.05, 4.69) is 10.0 Å². The second-order valence-corrected chi connectivity index (χ2v) is 4.12. The first-order valence-corrected chi connectivity index (χ1v) is 5.79. The third kappa shape index (κ3) is 3.10. The molecule has 1 atom stereocenters. The third-order valence-electron chi connectivity index (χ3n) is 2.79. The predicted molar refractivity (Wildman–Crippen MR) is 72.0 cm³/mol. The van der Waals surface area contributed by atoms with E-state index < -0.39 is 12.2 Å². The highest BCUT2D eigenvalue weighted by Crippen LogP contribution is 2.26. The summed E-state index contributed by atoms with van der Waals surface area (Å²) < 4.78 is 37.8. The first-order valence-electron chi connectivity index (χ1n) is 5.79. The quantitative estimate of drug-likeness (QED) is 0.426. The highest BCUT2D eigenvalue weighted by atomic mass is 19.4. The van der Waals surface area contributed by atoms with Gasteiger partial charge in [0.15, 0.2) is 6.04 Å². The van der Waals surface area contributed by atoms with Crippen LogP contribution in [0.1, 0.15) is 5.56 Å². The lowest BCUT2D eigenvalue weighted by Crippen LogP contribution is -2.24. The molecule has 102 valence electrons. The molecule has 0 aliphatic heterocycles. The van der Waals surface area contributed by atoms with Crippen LogP contribution in [-0.2, 0) is 0 Å². The van der Waals surface area contributed by atoms with E-state index in [9.17, 15) is 13.2 Å². The van der Waals surface area contributed by atoms with Crippen molar-refractivity contribution in [3.05, 3.63) is 64.5 Å². The van der Waals surface area contributed by atoms with Crippen molar-refractivity contribution in [2.24, 2.45) is 5.11 Å². The van der Waals surface area contributed by atoms with Crippen molar-refractivity contribution < 1.29 is 13.2 Å². The van der Waals surface area contributed by atoms with Crippen molar-refractivity contribution in [3.63, 3.8) is 0 Å². The standard InChI is InChI=1S/C14H10F3N3/c15-14(16,17)13(19-20-18)9-8-11-6-3-5-10-4-1-2-7-12(10)11/h1-9,13H. The highest BCUT2D eigenvalue weighted by molar-refractivity contribution is 5.90. The summed E-state index contributed by atoms with van der Waals surface area (Å²) in [5, 5.41) is 4.53. The fraction of sp³-hybridized carbons (Fsp3) is 0.143. The van der Waals surface area contributed by atoms with E-state index in [1.165, 1.54) is 6.08 Å². The molecule has 0 N–H and O–H groups in total. The van der Waals surface area contributed by atoms with Gasteiger partial charge in [-0.05, 0) is 21.9 Å².